The third-order valence-corrected chi connectivity index (χ3v) is 24.0. The van der Waals surface area contributed by atoms with E-state index in [9.17, 15) is 37.8 Å². The minimum absolute atomic E-state index is 0.00147. The summed E-state index contributed by atoms with van der Waals surface area (Å²) in [5.74, 6) is -1.72. The molecule has 1 saturated heterocycles. The number of nitrogens with zero attached hydrogens (tertiary/aromatic N) is 4. The Morgan fingerprint density at radius 1 is 0.766 bits per heavy atom. The molecule has 508 valence electrons. The van der Waals surface area contributed by atoms with E-state index in [4.69, 9.17) is 28.1 Å². The predicted molar refractivity (Wildman–Crippen MR) is 366 cm³/mol. The van der Waals surface area contributed by atoms with E-state index in [0.717, 1.165) is 23.0 Å². The molecule has 0 spiro atoms. The van der Waals surface area contributed by atoms with Gasteiger partial charge in [0, 0.05) is 24.3 Å². The fourth-order valence-electron chi connectivity index (χ4n) is 11.0. The van der Waals surface area contributed by atoms with Gasteiger partial charge in [-0.25, -0.2) is 8.42 Å². The SMILES string of the molecule is C/C(=C\C=O)[C@H]1OC(=O)C[C@H](O[Si](C)(C)C(C)(C)C)CC[C@@]2(C)OC(c3ccccc3)O[C@H]2/C=C/[C@@H]1C.CC(=O)O[C@H]1/C=C/[C@H](C)[C@@H](/C(C)=C/C=C/C(C)c2ccccc2)OC(=O)C[C@H](O)CC[C@@]1(C)O.CC(CS(=O)(=O)c1nnnn1-c1ccccc1)c1ccccc1. The van der Waals surface area contributed by atoms with Gasteiger partial charge in [-0.05, 0) is 140 Å². The molecule has 0 saturated carbocycles. The standard InChI is InChI=1S/C30H44O6Si.C28H38O6.C16H16N4O2S/c1-21-14-15-25-30(6,35-28(33-25)23-12-10-9-11-13-23)18-16-24(36-37(7,8)29(3,4)5)20-26(32)34-27(21)22(2)17-19-31;1-19(23-12-7-6-8-13-23)10-9-11-20(2)27-21(3)14-15-25(33-22(4)29)28(5,32)17-16-24(30)18-26(31)34-27;1-13(14-8-4-2-5-9-14)12-23(21,22)16-17-18-19-20(16)15-10-6-3-7-11-15/h9-15,17,19,21,24-25,27-28H,16,18,20H2,1-8H3;6-15,19,21,24-25,27,30,32H,16-18H2,1-5H3;2-11,13H,12H2,1H3/b15-14+,22-17+;10-9+,15-14+,20-11+;/t21-,24+,25-,27-,28?,30+;19?,21-,24+,25-,27+,28+;/m00./s1. The number of para-hydroxylation sites is 1. The lowest BCUT2D eigenvalue weighted by Crippen LogP contribution is -2.45. The number of hydrogen-bond donors (Lipinski definition) is 2. The van der Waals surface area contributed by atoms with E-state index in [1.165, 1.54) is 23.2 Å². The molecule has 4 aromatic carbocycles. The number of fused-ring (bicyclic) bond motifs is 1. The molecular formula is C74H98N4O14SSi. The first-order valence-corrected chi connectivity index (χ1v) is 36.9. The number of benzene rings is 4. The van der Waals surface area contributed by atoms with E-state index in [1.54, 1.807) is 43.3 Å². The van der Waals surface area contributed by atoms with E-state index < -0.39 is 72.0 Å². The smallest absolute Gasteiger partial charge is 0.309 e. The van der Waals surface area contributed by atoms with Gasteiger partial charge in [0.2, 0.25) is 9.84 Å². The summed E-state index contributed by atoms with van der Waals surface area (Å²) >= 11 is 0. The molecular weight excluding hydrogens is 1230 g/mol. The van der Waals surface area contributed by atoms with Crippen molar-refractivity contribution in [1.82, 2.24) is 20.2 Å². The Kier molecular flexibility index (Phi) is 27.7. The van der Waals surface area contributed by atoms with Crippen molar-refractivity contribution in [3.05, 3.63) is 198 Å². The van der Waals surface area contributed by atoms with E-state index in [1.807, 2.05) is 144 Å². The molecule has 8 rings (SSSR count). The van der Waals surface area contributed by atoms with E-state index in [0.29, 0.717) is 24.1 Å². The molecule has 20 heteroatoms. The number of hydrogen-bond acceptors (Lipinski definition) is 17. The second-order valence-corrected chi connectivity index (χ2v) is 33.6. The highest BCUT2D eigenvalue weighted by Gasteiger charge is 2.47. The van der Waals surface area contributed by atoms with Gasteiger partial charge in [-0.3, -0.25) is 19.2 Å². The zero-order chi connectivity index (χ0) is 69.0. The first-order valence-electron chi connectivity index (χ1n) is 32.4. The second-order valence-electron chi connectivity index (χ2n) is 26.9. The van der Waals surface area contributed by atoms with Crippen molar-refractivity contribution < 1.29 is 65.9 Å². The van der Waals surface area contributed by atoms with Crippen LogP contribution >= 0.6 is 0 Å². The van der Waals surface area contributed by atoms with Crippen LogP contribution in [0.5, 0.6) is 0 Å². The molecule has 13 atom stereocenters. The number of aliphatic hydroxyl groups excluding tert-OH is 1. The molecule has 18 nitrogen and oxygen atoms in total. The van der Waals surface area contributed by atoms with Crippen molar-refractivity contribution in [2.45, 2.75) is 211 Å². The highest BCUT2D eigenvalue weighted by Crippen LogP contribution is 2.44. The van der Waals surface area contributed by atoms with E-state index >= 15 is 0 Å². The van der Waals surface area contributed by atoms with Gasteiger partial charge in [0.25, 0.3) is 5.16 Å². The Hall–Kier alpha value is -7.30. The molecule has 3 aliphatic rings. The van der Waals surface area contributed by atoms with Crippen molar-refractivity contribution >= 4 is 42.3 Å². The summed E-state index contributed by atoms with van der Waals surface area (Å²) in [7, 11) is -5.77. The topological polar surface area (TPSA) is 242 Å². The lowest BCUT2D eigenvalue weighted by Gasteiger charge is -2.40. The van der Waals surface area contributed by atoms with Crippen molar-refractivity contribution in [3.63, 3.8) is 0 Å². The number of sulfone groups is 1. The molecule has 1 aromatic heterocycles. The lowest BCUT2D eigenvalue weighted by atomic mass is 9.88. The fraction of sp³-hybridized carbons (Fsp3) is 0.473. The highest BCUT2D eigenvalue weighted by atomic mass is 32.2. The Balaban J connectivity index is 0.000000229. The van der Waals surface area contributed by atoms with Crippen LogP contribution in [0.15, 0.2) is 186 Å². The summed E-state index contributed by atoms with van der Waals surface area (Å²) in [4.78, 5) is 48.5. The van der Waals surface area contributed by atoms with Gasteiger partial charge in [-0.1, -0.05) is 199 Å². The van der Waals surface area contributed by atoms with Crippen LogP contribution < -0.4 is 0 Å². The summed E-state index contributed by atoms with van der Waals surface area (Å²) in [6, 6.07) is 38.6. The zero-order valence-electron chi connectivity index (χ0n) is 57.0. The van der Waals surface area contributed by atoms with Crippen molar-refractivity contribution in [3.8, 4) is 5.69 Å². The van der Waals surface area contributed by atoms with Gasteiger partial charge in [0.1, 0.15) is 36.3 Å². The largest absolute Gasteiger partial charge is 0.457 e. The molecule has 0 aliphatic carbocycles. The Bertz CT molecular complexity index is 3520. The molecule has 4 heterocycles. The van der Waals surface area contributed by atoms with Crippen molar-refractivity contribution in [2.24, 2.45) is 11.8 Å². The van der Waals surface area contributed by atoms with E-state index in [2.05, 4.69) is 81.4 Å². The average Bonchev–Trinajstić information content (AvgIpc) is 1.64. The highest BCUT2D eigenvalue weighted by molar-refractivity contribution is 7.91. The molecule has 3 unspecified atom stereocenters. The molecule has 5 aromatic rings. The number of aliphatic hydroxyl groups is 2. The third-order valence-electron chi connectivity index (χ3n) is 17.8. The van der Waals surface area contributed by atoms with Crippen LogP contribution in [0, 0.1) is 11.8 Å². The van der Waals surface area contributed by atoms with Gasteiger partial charge < -0.3 is 38.3 Å². The van der Waals surface area contributed by atoms with Gasteiger partial charge in [0.15, 0.2) is 14.6 Å². The Morgan fingerprint density at radius 3 is 1.88 bits per heavy atom. The quantitative estimate of drug-likeness (QED) is 0.0188. The molecule has 3 aliphatic heterocycles. The van der Waals surface area contributed by atoms with Crippen LogP contribution in [0.4, 0.5) is 0 Å². The number of ether oxygens (including phenoxy) is 5. The first-order chi connectivity index (χ1) is 44.3. The normalized spacial score (nSPS) is 27.4. The molecule has 0 radical (unpaired) electrons. The van der Waals surface area contributed by atoms with Crippen molar-refractivity contribution in [2.75, 3.05) is 5.75 Å². The maximum Gasteiger partial charge on any atom is 0.309 e. The first kappa shape index (κ1) is 75.7. The van der Waals surface area contributed by atoms with Gasteiger partial charge in [-0.15, -0.1) is 0 Å². The minimum atomic E-state index is -3.62. The predicted octanol–water partition coefficient (Wildman–Crippen LogP) is 13.5. The molecule has 1 fully saturated rings. The van der Waals surface area contributed by atoms with Gasteiger partial charge >= 0.3 is 17.9 Å². The number of carbonyl (C=O) groups is 4. The zero-order valence-corrected chi connectivity index (χ0v) is 58.9. The van der Waals surface area contributed by atoms with Crippen LogP contribution in [0.3, 0.4) is 0 Å². The number of tetrazole rings is 1. The van der Waals surface area contributed by atoms with Crippen LogP contribution in [0.25, 0.3) is 5.69 Å². The van der Waals surface area contributed by atoms with Crippen LogP contribution in [-0.2, 0) is 57.1 Å². The van der Waals surface area contributed by atoms with Crippen LogP contribution in [-0.4, -0.2) is 125 Å². The number of allylic oxidation sites excluding steroid dienone is 4. The van der Waals surface area contributed by atoms with Crippen LogP contribution in [0.2, 0.25) is 18.1 Å². The number of rotatable bonds is 15. The minimum Gasteiger partial charge on any atom is -0.457 e. The van der Waals surface area contributed by atoms with Crippen LogP contribution in [0.1, 0.15) is 156 Å². The maximum absolute atomic E-state index is 13.2. The molecule has 0 amide bonds. The Labute approximate surface area is 557 Å². The lowest BCUT2D eigenvalue weighted by molar-refractivity contribution is -0.157. The third kappa shape index (κ3) is 22.1. The summed E-state index contributed by atoms with van der Waals surface area (Å²) in [6.07, 6.45) is 13.2. The molecule has 94 heavy (non-hydrogen) atoms. The average molecular weight is 1330 g/mol. The Morgan fingerprint density at radius 2 is 1.31 bits per heavy atom. The summed E-state index contributed by atoms with van der Waals surface area (Å²) in [5.41, 5.74) is 3.31. The van der Waals surface area contributed by atoms with Gasteiger partial charge in [-0.2, -0.15) is 4.68 Å². The second kappa shape index (κ2) is 34.4. The number of carbonyl (C=O) groups excluding carboxylic acids is 4. The maximum atomic E-state index is 13.2. The summed E-state index contributed by atoms with van der Waals surface area (Å²) < 4.78 is 63.5. The molecule has 0 bridgehead atoms. The number of cyclic esters (lactones) is 2. The monoisotopic (exact) mass is 1330 g/mol. The number of aldehydes is 1. The van der Waals surface area contributed by atoms with E-state index in [-0.39, 0.29) is 83.5 Å². The fourth-order valence-corrected chi connectivity index (χ4v) is 13.9. The number of esters is 3. The van der Waals surface area contributed by atoms with Crippen molar-refractivity contribution in [1.29, 1.82) is 0 Å². The molecule has 2 N–H and O–H groups in total. The van der Waals surface area contributed by atoms with Gasteiger partial charge in [0.05, 0.1) is 42.1 Å². The summed E-state index contributed by atoms with van der Waals surface area (Å²) in [6.45, 7) is 27.5. The number of aromatic nitrogens is 4. The summed E-state index contributed by atoms with van der Waals surface area (Å²) in [5, 5.41) is 32.1.